The Morgan fingerprint density at radius 1 is 1.23 bits per heavy atom. The number of sulfonamides is 1. The fraction of sp³-hybridized carbons (Fsp3) is 0.450. The second-order valence-corrected chi connectivity index (χ2v) is 9.41. The molecule has 11 heteroatoms. The Labute approximate surface area is 180 Å². The number of carbonyl (C=O) groups excluding carboxylic acids is 2. The Kier molecular flexibility index (Phi) is 6.77. The molecule has 1 aromatic heterocycles. The summed E-state index contributed by atoms with van der Waals surface area (Å²) in [6.07, 6.45) is -1.61. The number of carbonyl (C=O) groups is 2. The molecule has 1 aliphatic rings. The van der Waals surface area contributed by atoms with E-state index >= 15 is 0 Å². The van der Waals surface area contributed by atoms with E-state index in [1.807, 2.05) is 0 Å². The van der Waals surface area contributed by atoms with Gasteiger partial charge in [0, 0.05) is 19.2 Å². The first-order valence-corrected chi connectivity index (χ1v) is 11.2. The van der Waals surface area contributed by atoms with E-state index in [1.54, 1.807) is 20.8 Å². The number of aromatic nitrogens is 1. The molecule has 3 atom stereocenters. The summed E-state index contributed by atoms with van der Waals surface area (Å²) in [4.78, 5) is 24.7. The zero-order valence-corrected chi connectivity index (χ0v) is 18.5. The van der Waals surface area contributed by atoms with Crippen LogP contribution in [0.2, 0.25) is 0 Å². The van der Waals surface area contributed by atoms with Crippen molar-refractivity contribution in [2.24, 2.45) is 0 Å². The van der Waals surface area contributed by atoms with Gasteiger partial charge in [0.05, 0.1) is 28.4 Å². The van der Waals surface area contributed by atoms with Gasteiger partial charge in [-0.25, -0.2) is 13.2 Å². The number of rotatable bonds is 6. The van der Waals surface area contributed by atoms with Gasteiger partial charge in [0.15, 0.2) is 6.10 Å². The fourth-order valence-corrected chi connectivity index (χ4v) is 4.82. The first-order chi connectivity index (χ1) is 14.6. The van der Waals surface area contributed by atoms with Gasteiger partial charge in [-0.2, -0.15) is 4.31 Å². The predicted molar refractivity (Wildman–Crippen MR) is 110 cm³/mol. The van der Waals surface area contributed by atoms with Crippen LogP contribution >= 0.6 is 0 Å². The molecule has 0 unspecified atom stereocenters. The first kappa shape index (κ1) is 22.9. The van der Waals surface area contributed by atoms with Crippen molar-refractivity contribution in [3.05, 3.63) is 41.6 Å². The lowest BCUT2D eigenvalue weighted by Gasteiger charge is -2.34. The molecule has 31 heavy (non-hydrogen) atoms. The smallest absolute Gasteiger partial charge is 0.338 e. The average Bonchev–Trinajstić information content (AvgIpc) is 3.11. The standard InChI is InChI=1S/C20H25N3O7S/c1-12-8-18(30-22-12)21-19(24)15(4)29-20(25)16-6-5-7-17(9-16)31(26,27)23-10-13(2)28-14(3)11-23/h5-9,13-15H,10-11H2,1-4H3,(H,21,24)/t13-,14+,15-/m1/s1. The summed E-state index contributed by atoms with van der Waals surface area (Å²) >= 11 is 0. The molecule has 2 heterocycles. The first-order valence-electron chi connectivity index (χ1n) is 9.77. The van der Waals surface area contributed by atoms with Crippen LogP contribution in [0.1, 0.15) is 36.8 Å². The number of esters is 1. The normalized spacial score (nSPS) is 20.8. The summed E-state index contributed by atoms with van der Waals surface area (Å²) in [6, 6.07) is 7.06. The minimum atomic E-state index is -3.82. The van der Waals surface area contributed by atoms with E-state index in [-0.39, 0.29) is 41.6 Å². The van der Waals surface area contributed by atoms with E-state index in [1.165, 1.54) is 41.6 Å². The van der Waals surface area contributed by atoms with Crippen LogP contribution in [0.25, 0.3) is 0 Å². The number of aryl methyl sites for hydroxylation is 1. The Morgan fingerprint density at radius 2 is 1.90 bits per heavy atom. The number of hydrogen-bond donors (Lipinski definition) is 1. The van der Waals surface area contributed by atoms with Crippen LogP contribution < -0.4 is 5.32 Å². The molecule has 0 aliphatic carbocycles. The quantitative estimate of drug-likeness (QED) is 0.660. The number of benzene rings is 1. The summed E-state index contributed by atoms with van der Waals surface area (Å²) in [5.74, 6) is -1.30. The van der Waals surface area contributed by atoms with E-state index < -0.39 is 28.0 Å². The van der Waals surface area contributed by atoms with Gasteiger partial charge in [0.1, 0.15) is 0 Å². The highest BCUT2D eigenvalue weighted by molar-refractivity contribution is 7.89. The summed E-state index contributed by atoms with van der Waals surface area (Å²) in [5, 5.41) is 6.10. The molecule has 1 aliphatic heterocycles. The molecule has 3 rings (SSSR count). The topological polar surface area (TPSA) is 128 Å². The molecule has 1 N–H and O–H groups in total. The molecule has 0 radical (unpaired) electrons. The number of hydrogen-bond acceptors (Lipinski definition) is 8. The largest absolute Gasteiger partial charge is 0.449 e. The van der Waals surface area contributed by atoms with Gasteiger partial charge >= 0.3 is 5.97 Å². The molecule has 0 spiro atoms. The van der Waals surface area contributed by atoms with Crippen LogP contribution in [0, 0.1) is 6.92 Å². The van der Waals surface area contributed by atoms with Crippen LogP contribution in [-0.4, -0.2) is 61.2 Å². The van der Waals surface area contributed by atoms with Gasteiger partial charge in [-0.3, -0.25) is 10.1 Å². The number of nitrogens with zero attached hydrogens (tertiary/aromatic N) is 2. The van der Waals surface area contributed by atoms with Gasteiger partial charge in [-0.05, 0) is 45.9 Å². The van der Waals surface area contributed by atoms with Crippen molar-refractivity contribution < 1.29 is 32.0 Å². The SMILES string of the molecule is Cc1cc(NC(=O)[C@@H](C)OC(=O)c2cccc(S(=O)(=O)N3C[C@@H](C)O[C@@H](C)C3)c2)on1. The van der Waals surface area contributed by atoms with Crippen LogP contribution in [0.4, 0.5) is 5.88 Å². The number of nitrogens with one attached hydrogen (secondary N) is 1. The van der Waals surface area contributed by atoms with Crippen molar-refractivity contribution in [3.8, 4) is 0 Å². The fourth-order valence-electron chi connectivity index (χ4n) is 3.19. The maximum absolute atomic E-state index is 13.0. The number of anilines is 1. The van der Waals surface area contributed by atoms with Gasteiger partial charge in [0.25, 0.3) is 5.91 Å². The molecule has 168 valence electrons. The third kappa shape index (κ3) is 5.49. The second kappa shape index (κ2) is 9.16. The average molecular weight is 452 g/mol. The summed E-state index contributed by atoms with van der Waals surface area (Å²) in [6.45, 7) is 7.14. The summed E-state index contributed by atoms with van der Waals surface area (Å²) < 4.78 is 43.1. The van der Waals surface area contributed by atoms with E-state index in [4.69, 9.17) is 14.0 Å². The van der Waals surface area contributed by atoms with Crippen molar-refractivity contribution >= 4 is 27.8 Å². The molecule has 1 saturated heterocycles. The van der Waals surface area contributed by atoms with Gasteiger partial charge in [0.2, 0.25) is 15.9 Å². The van der Waals surface area contributed by atoms with Crippen molar-refractivity contribution in [1.82, 2.24) is 9.46 Å². The molecule has 0 bridgehead atoms. The monoisotopic (exact) mass is 451 g/mol. The lowest BCUT2D eigenvalue weighted by molar-refractivity contribution is -0.123. The lowest BCUT2D eigenvalue weighted by Crippen LogP contribution is -2.48. The number of morpholine rings is 1. The molecule has 2 aromatic rings. The summed E-state index contributed by atoms with van der Waals surface area (Å²) in [5.41, 5.74) is 0.604. The number of amides is 1. The van der Waals surface area contributed by atoms with Gasteiger partial charge in [-0.15, -0.1) is 0 Å². The highest BCUT2D eigenvalue weighted by atomic mass is 32.2. The van der Waals surface area contributed by atoms with E-state index in [0.29, 0.717) is 5.69 Å². The van der Waals surface area contributed by atoms with Crippen molar-refractivity contribution in [2.45, 2.75) is 50.9 Å². The second-order valence-electron chi connectivity index (χ2n) is 7.48. The van der Waals surface area contributed by atoms with E-state index in [0.717, 1.165) is 0 Å². The molecule has 1 fully saturated rings. The van der Waals surface area contributed by atoms with E-state index in [2.05, 4.69) is 10.5 Å². The number of ether oxygens (including phenoxy) is 2. The molecule has 1 amide bonds. The lowest BCUT2D eigenvalue weighted by atomic mass is 10.2. The van der Waals surface area contributed by atoms with Crippen molar-refractivity contribution in [2.75, 3.05) is 18.4 Å². The Balaban J connectivity index is 1.70. The third-order valence-electron chi connectivity index (χ3n) is 4.62. The maximum Gasteiger partial charge on any atom is 0.338 e. The molecule has 1 aromatic carbocycles. The highest BCUT2D eigenvalue weighted by Crippen LogP contribution is 2.22. The zero-order chi connectivity index (χ0) is 22.8. The Morgan fingerprint density at radius 3 is 2.52 bits per heavy atom. The van der Waals surface area contributed by atoms with Crippen LogP contribution in [0.5, 0.6) is 0 Å². The highest BCUT2D eigenvalue weighted by Gasteiger charge is 2.32. The van der Waals surface area contributed by atoms with Crippen molar-refractivity contribution in [1.29, 1.82) is 0 Å². The van der Waals surface area contributed by atoms with Gasteiger partial charge < -0.3 is 14.0 Å². The molecular weight excluding hydrogens is 426 g/mol. The predicted octanol–water partition coefficient (Wildman–Crippen LogP) is 1.96. The van der Waals surface area contributed by atoms with Gasteiger partial charge in [-0.1, -0.05) is 11.2 Å². The van der Waals surface area contributed by atoms with Crippen LogP contribution in [0.15, 0.2) is 39.8 Å². The minimum absolute atomic E-state index is 0.0191. The minimum Gasteiger partial charge on any atom is -0.449 e. The Hall–Kier alpha value is -2.76. The molecular formula is C20H25N3O7S. The zero-order valence-electron chi connectivity index (χ0n) is 17.7. The molecule has 10 nitrogen and oxygen atoms in total. The maximum atomic E-state index is 13.0. The third-order valence-corrected chi connectivity index (χ3v) is 6.45. The van der Waals surface area contributed by atoms with Crippen LogP contribution in [-0.2, 0) is 24.3 Å². The van der Waals surface area contributed by atoms with Crippen molar-refractivity contribution in [3.63, 3.8) is 0 Å². The van der Waals surface area contributed by atoms with E-state index in [9.17, 15) is 18.0 Å². The molecule has 0 saturated carbocycles. The Bertz CT molecular complexity index is 1060. The summed E-state index contributed by atoms with van der Waals surface area (Å²) in [7, 11) is -3.82. The van der Waals surface area contributed by atoms with Crippen LogP contribution in [0.3, 0.4) is 0 Å².